The molecule has 172 valence electrons. The first kappa shape index (κ1) is 24.8. The monoisotopic (exact) mass is 463 g/mol. The van der Waals surface area contributed by atoms with Crippen molar-refractivity contribution >= 4 is 27.7 Å². The van der Waals surface area contributed by atoms with Crippen LogP contribution in [0.3, 0.4) is 0 Å². The van der Waals surface area contributed by atoms with Gasteiger partial charge in [-0.15, -0.1) is 0 Å². The summed E-state index contributed by atoms with van der Waals surface area (Å²) < 4.78 is 32.7. The number of carbonyl (C=O) groups excluding carboxylic acids is 1. The molecule has 2 rings (SSSR count). The zero-order valence-electron chi connectivity index (χ0n) is 17.0. The maximum Gasteiger partial charge on any atom is 0.323 e. The molecule has 0 saturated carbocycles. The van der Waals surface area contributed by atoms with Gasteiger partial charge in [-0.3, -0.25) is 14.6 Å². The van der Waals surface area contributed by atoms with Crippen LogP contribution < -0.4 is 26.7 Å². The number of ether oxygens (including phenoxy) is 1. The van der Waals surface area contributed by atoms with Crippen LogP contribution in [-0.4, -0.2) is 56.5 Å². The first-order valence-electron chi connectivity index (χ1n) is 9.50. The third kappa shape index (κ3) is 6.77. The van der Waals surface area contributed by atoms with Gasteiger partial charge in [0.1, 0.15) is 11.8 Å². The molecule has 0 spiro atoms. The summed E-state index contributed by atoms with van der Waals surface area (Å²) >= 11 is 0. The second-order valence-electron chi connectivity index (χ2n) is 6.65. The third-order valence-electron chi connectivity index (χ3n) is 4.27. The Bertz CT molecular complexity index is 1070. The van der Waals surface area contributed by atoms with E-state index in [-0.39, 0.29) is 28.8 Å². The number of carboxylic acids is 1. The van der Waals surface area contributed by atoms with Gasteiger partial charge in [0.15, 0.2) is 11.7 Å². The molecule has 0 aliphatic rings. The molecule has 0 heterocycles. The van der Waals surface area contributed by atoms with Crippen molar-refractivity contribution in [1.82, 2.24) is 4.72 Å². The molecule has 0 fully saturated rings. The molecule has 0 radical (unpaired) electrons. The highest BCUT2D eigenvalue weighted by Gasteiger charge is 2.36. The van der Waals surface area contributed by atoms with E-state index in [1.54, 1.807) is 18.2 Å². The quantitative estimate of drug-likeness (QED) is 0.121. The molecule has 12 heteroatoms. The normalized spacial score (nSPS) is 13.0. The topological polar surface area (TPSA) is 200 Å². The van der Waals surface area contributed by atoms with E-state index in [9.17, 15) is 23.1 Å². The third-order valence-corrected chi connectivity index (χ3v) is 5.73. The highest BCUT2D eigenvalue weighted by molar-refractivity contribution is 7.89. The second kappa shape index (κ2) is 11.2. The number of sulfonamides is 1. The molecule has 0 amide bonds. The number of benzene rings is 2. The molecule has 11 nitrogen and oxygen atoms in total. The van der Waals surface area contributed by atoms with E-state index < -0.39 is 33.9 Å². The number of aliphatic imine (C=N–C) groups is 1. The molecular weight excluding hydrogens is 438 g/mol. The van der Waals surface area contributed by atoms with Crippen molar-refractivity contribution in [3.63, 3.8) is 0 Å². The van der Waals surface area contributed by atoms with Crippen LogP contribution in [0.5, 0.6) is 5.75 Å². The average molecular weight is 464 g/mol. The van der Waals surface area contributed by atoms with Crippen molar-refractivity contribution in [2.45, 2.75) is 23.4 Å². The number of rotatable bonds is 12. The Morgan fingerprint density at radius 3 is 2.31 bits per heavy atom. The molecule has 0 saturated heterocycles. The molecule has 0 aliphatic heterocycles. The van der Waals surface area contributed by atoms with Crippen LogP contribution >= 0.6 is 0 Å². The lowest BCUT2D eigenvalue weighted by molar-refractivity contribution is -0.139. The fourth-order valence-electron chi connectivity index (χ4n) is 2.69. The molecule has 2 aromatic rings. The number of aliphatic carboxylic acids is 1. The second-order valence-corrected chi connectivity index (χ2v) is 8.36. The standard InChI is InChI=1S/C20H25N5O6S/c21-16(17(19(27)28)25-32(29,30)13-7-2-1-3-8-13)18(26)14-9-4-5-10-15(14)31-12-6-11-24-20(22)23/h1-5,7-10,16-17,25H,6,11-12,21H2,(H,27,28)(H4,22,23,24). The van der Waals surface area contributed by atoms with Gasteiger partial charge in [-0.1, -0.05) is 30.3 Å². The number of Topliss-reactive ketones (excluding diaryl/α,β-unsaturated/α-hetero) is 1. The average Bonchev–Trinajstić information content (AvgIpc) is 2.77. The zero-order chi connectivity index (χ0) is 23.7. The lowest BCUT2D eigenvalue weighted by Crippen LogP contribution is -2.55. The van der Waals surface area contributed by atoms with Crippen molar-refractivity contribution in [3.05, 3.63) is 60.2 Å². The molecule has 2 atom stereocenters. The van der Waals surface area contributed by atoms with Gasteiger partial charge >= 0.3 is 5.97 Å². The van der Waals surface area contributed by atoms with Crippen LogP contribution in [0.15, 0.2) is 64.5 Å². The molecule has 32 heavy (non-hydrogen) atoms. The molecule has 8 N–H and O–H groups in total. The fourth-order valence-corrected chi connectivity index (χ4v) is 3.93. The first-order valence-corrected chi connectivity index (χ1v) is 11.0. The van der Waals surface area contributed by atoms with Gasteiger partial charge in [0.2, 0.25) is 10.0 Å². The predicted molar refractivity (Wildman–Crippen MR) is 118 cm³/mol. The van der Waals surface area contributed by atoms with Crippen molar-refractivity contribution in [1.29, 1.82) is 0 Å². The number of para-hydroxylation sites is 1. The Morgan fingerprint density at radius 1 is 1.06 bits per heavy atom. The Labute approximate surface area is 185 Å². The molecule has 2 unspecified atom stereocenters. The largest absolute Gasteiger partial charge is 0.493 e. The number of carboxylic acid groups (broad SMARTS) is 1. The summed E-state index contributed by atoms with van der Waals surface area (Å²) in [5.74, 6) is -2.27. The van der Waals surface area contributed by atoms with E-state index in [1.807, 2.05) is 4.72 Å². The number of nitrogens with two attached hydrogens (primary N) is 3. The van der Waals surface area contributed by atoms with Gasteiger partial charge in [0.05, 0.1) is 23.1 Å². The maximum absolute atomic E-state index is 13.0. The van der Waals surface area contributed by atoms with E-state index >= 15 is 0 Å². The predicted octanol–water partition coefficient (Wildman–Crippen LogP) is -0.329. The van der Waals surface area contributed by atoms with Crippen LogP contribution in [0.2, 0.25) is 0 Å². The van der Waals surface area contributed by atoms with Gasteiger partial charge < -0.3 is 27.0 Å². The lowest BCUT2D eigenvalue weighted by atomic mass is 9.98. The number of hydrogen-bond acceptors (Lipinski definition) is 7. The smallest absolute Gasteiger partial charge is 0.323 e. The number of nitrogens with zero attached hydrogens (tertiary/aromatic N) is 1. The molecule has 0 aromatic heterocycles. The van der Waals surface area contributed by atoms with Gasteiger partial charge in [0.25, 0.3) is 0 Å². The summed E-state index contributed by atoms with van der Waals surface area (Å²) in [6, 6.07) is 9.66. The number of guanidine groups is 1. The number of carbonyl (C=O) groups is 2. The van der Waals surface area contributed by atoms with Crippen molar-refractivity contribution in [2.24, 2.45) is 22.2 Å². The van der Waals surface area contributed by atoms with Gasteiger partial charge in [-0.2, -0.15) is 4.72 Å². The summed E-state index contributed by atoms with van der Waals surface area (Å²) in [6.45, 7) is 0.500. The lowest BCUT2D eigenvalue weighted by Gasteiger charge is -2.21. The van der Waals surface area contributed by atoms with Gasteiger partial charge in [-0.25, -0.2) is 8.42 Å². The minimum absolute atomic E-state index is 0.0204. The summed E-state index contributed by atoms with van der Waals surface area (Å²) in [5.41, 5.74) is 16.4. The fraction of sp³-hybridized carbons (Fsp3) is 0.250. The van der Waals surface area contributed by atoms with Crippen LogP contribution in [0.4, 0.5) is 0 Å². The van der Waals surface area contributed by atoms with E-state index in [0.29, 0.717) is 13.0 Å². The van der Waals surface area contributed by atoms with Crippen molar-refractivity contribution < 1.29 is 27.9 Å². The highest BCUT2D eigenvalue weighted by Crippen LogP contribution is 2.21. The Balaban J connectivity index is 2.18. The van der Waals surface area contributed by atoms with E-state index in [1.165, 1.54) is 36.4 Å². The maximum atomic E-state index is 13.0. The van der Waals surface area contributed by atoms with E-state index in [2.05, 4.69) is 4.99 Å². The molecular formula is C20H25N5O6S. The molecule has 0 bridgehead atoms. The van der Waals surface area contributed by atoms with Gasteiger partial charge in [0, 0.05) is 13.0 Å². The van der Waals surface area contributed by atoms with Crippen LogP contribution in [0, 0.1) is 0 Å². The minimum Gasteiger partial charge on any atom is -0.493 e. The summed E-state index contributed by atoms with van der Waals surface area (Å²) in [5, 5.41) is 9.54. The SMILES string of the molecule is NC(N)=NCCCOc1ccccc1C(=O)C(N)C(NS(=O)(=O)c1ccccc1)C(=O)O. The highest BCUT2D eigenvalue weighted by atomic mass is 32.2. The Hall–Kier alpha value is -3.48. The van der Waals surface area contributed by atoms with Crippen molar-refractivity contribution in [2.75, 3.05) is 13.2 Å². The van der Waals surface area contributed by atoms with Crippen LogP contribution in [0.1, 0.15) is 16.8 Å². The van der Waals surface area contributed by atoms with E-state index in [4.69, 9.17) is 21.9 Å². The summed E-state index contributed by atoms with van der Waals surface area (Å²) in [6.07, 6.45) is 0.459. The Morgan fingerprint density at radius 2 is 1.69 bits per heavy atom. The summed E-state index contributed by atoms with van der Waals surface area (Å²) in [4.78, 5) is 28.4. The Kier molecular flexibility index (Phi) is 8.70. The summed E-state index contributed by atoms with van der Waals surface area (Å²) in [7, 11) is -4.23. The van der Waals surface area contributed by atoms with Crippen molar-refractivity contribution in [3.8, 4) is 5.75 Å². The first-order chi connectivity index (χ1) is 15.1. The number of ketones is 1. The van der Waals surface area contributed by atoms with E-state index in [0.717, 1.165) is 0 Å². The molecule has 0 aliphatic carbocycles. The van der Waals surface area contributed by atoms with Gasteiger partial charge in [-0.05, 0) is 24.3 Å². The van der Waals surface area contributed by atoms with Crippen LogP contribution in [0.25, 0.3) is 0 Å². The number of nitrogens with one attached hydrogen (secondary N) is 1. The van der Waals surface area contributed by atoms with Crippen LogP contribution in [-0.2, 0) is 14.8 Å². The number of hydrogen-bond donors (Lipinski definition) is 5. The minimum atomic E-state index is -4.23. The molecule has 2 aromatic carbocycles. The zero-order valence-corrected chi connectivity index (χ0v) is 17.9.